The number of hydrogen-bond donors (Lipinski definition) is 3. The van der Waals surface area contributed by atoms with Crippen LogP contribution in [0.4, 0.5) is 0 Å². The lowest BCUT2D eigenvalue weighted by atomic mass is 14.0. The quantitative estimate of drug-likeness (QED) is 0.321. The van der Waals surface area contributed by atoms with Crippen molar-refractivity contribution in [3.05, 3.63) is 0 Å². The van der Waals surface area contributed by atoms with Crippen LogP contribution in [-0.4, -0.2) is 18.8 Å². The maximum Gasteiger partial charge on any atom is 0.761 e. The third-order valence-electron chi connectivity index (χ3n) is 0. The van der Waals surface area contributed by atoms with Gasteiger partial charge in [0.15, 0.2) is 0 Å². The Morgan fingerprint density at radius 2 is 1.40 bits per heavy atom. The molecular formula is H5NO3Si. The summed E-state index contributed by atoms with van der Waals surface area (Å²) in [5, 5.41) is 0. The molecule has 5 N–H and O–H groups in total. The molecule has 4 nitrogen and oxygen atoms in total. The molecule has 0 saturated carbocycles. The zero-order valence-corrected chi connectivity index (χ0v) is 3.51. The normalized spacial score (nSPS) is 4.80. The van der Waals surface area contributed by atoms with Crippen LogP contribution in [0.2, 0.25) is 0 Å². The Balaban J connectivity index is 0. The highest BCUT2D eigenvalue weighted by molar-refractivity contribution is 6.22. The van der Waals surface area contributed by atoms with Gasteiger partial charge in [-0.25, -0.2) is 0 Å². The zero-order chi connectivity index (χ0) is 3.58. The summed E-state index contributed by atoms with van der Waals surface area (Å²) in [7, 11) is -3.13. The fraction of sp³-hybridized carbons (Fsp3) is 0. The maximum absolute atomic E-state index is 8.74. The molecule has 0 aliphatic rings. The molecule has 0 aromatic carbocycles. The van der Waals surface area contributed by atoms with E-state index in [2.05, 4.69) is 0 Å². The molecule has 32 valence electrons. The molecule has 5 heteroatoms. The predicted molar refractivity (Wildman–Crippen MR) is 15.9 cm³/mol. The summed E-state index contributed by atoms with van der Waals surface area (Å²) in [4.78, 5) is 14.3. The van der Waals surface area contributed by atoms with E-state index in [1.807, 2.05) is 0 Å². The maximum atomic E-state index is 8.74. The van der Waals surface area contributed by atoms with E-state index in [-0.39, 0.29) is 6.15 Å². The first kappa shape index (κ1) is 8.82. The van der Waals surface area contributed by atoms with Gasteiger partial charge in [0.1, 0.15) is 0 Å². The summed E-state index contributed by atoms with van der Waals surface area (Å²) in [6.45, 7) is 0. The summed E-state index contributed by atoms with van der Waals surface area (Å²) in [5.41, 5.74) is 0. The minimum atomic E-state index is -3.13. The highest BCUT2D eigenvalue weighted by atomic mass is 28.3. The molecule has 5 heavy (non-hydrogen) atoms. The van der Waals surface area contributed by atoms with Gasteiger partial charge in [0.25, 0.3) is 0 Å². The average Bonchev–Trinajstić information content (AvgIpc) is 0.811. The van der Waals surface area contributed by atoms with Crippen LogP contribution in [-0.2, 0) is 4.46 Å². The molecule has 0 fully saturated rings. The van der Waals surface area contributed by atoms with Crippen molar-refractivity contribution < 1.29 is 14.1 Å². The molecule has 0 amide bonds. The van der Waals surface area contributed by atoms with Gasteiger partial charge in [-0.15, -0.1) is 0 Å². The van der Waals surface area contributed by atoms with Gasteiger partial charge in [-0.1, -0.05) is 0 Å². The molecule has 0 aromatic rings. The van der Waals surface area contributed by atoms with Gasteiger partial charge < -0.3 is 15.7 Å². The molecule has 0 saturated heterocycles. The largest absolute Gasteiger partial charge is 0.761 e. The topological polar surface area (TPSA) is 92.5 Å². The van der Waals surface area contributed by atoms with E-state index >= 15 is 0 Å². The van der Waals surface area contributed by atoms with Crippen LogP contribution >= 0.6 is 0 Å². The summed E-state index contributed by atoms with van der Waals surface area (Å²) < 4.78 is 8.74. The van der Waals surface area contributed by atoms with Crippen molar-refractivity contribution in [2.45, 2.75) is 0 Å². The molecule has 0 heterocycles. The van der Waals surface area contributed by atoms with Crippen molar-refractivity contribution in [1.82, 2.24) is 6.15 Å². The van der Waals surface area contributed by atoms with Gasteiger partial charge in [0.05, 0.1) is 0 Å². The fourth-order valence-electron chi connectivity index (χ4n) is 0. The first-order valence-electron chi connectivity index (χ1n) is 0.651. The summed E-state index contributed by atoms with van der Waals surface area (Å²) in [6, 6.07) is 0. The van der Waals surface area contributed by atoms with Crippen LogP contribution in [0.15, 0.2) is 0 Å². The molecular weight excluding hydrogens is 90.1 g/mol. The van der Waals surface area contributed by atoms with Gasteiger partial charge in [0.2, 0.25) is 0 Å². The Morgan fingerprint density at radius 3 is 1.40 bits per heavy atom. The molecule has 0 atom stereocenters. The van der Waals surface area contributed by atoms with Crippen molar-refractivity contribution in [2.75, 3.05) is 0 Å². The van der Waals surface area contributed by atoms with Gasteiger partial charge >= 0.3 is 9.17 Å². The standard InChI is InChI=1S/H3N.H2O3Si/c;1-4(2)3/h1H3;1-2H. The van der Waals surface area contributed by atoms with Crippen molar-refractivity contribution in [2.24, 2.45) is 0 Å². The molecule has 0 unspecified atom stereocenters. The fourth-order valence-corrected chi connectivity index (χ4v) is 0. The van der Waals surface area contributed by atoms with Crippen molar-refractivity contribution in [1.29, 1.82) is 0 Å². The Labute approximate surface area is 30.5 Å². The second-order valence-corrected chi connectivity index (χ2v) is 0.848. The molecule has 0 bridgehead atoms. The Hall–Kier alpha value is -0.423. The lowest BCUT2D eigenvalue weighted by Crippen LogP contribution is -1.90. The van der Waals surface area contributed by atoms with Crippen LogP contribution < -0.4 is 6.15 Å². The molecule has 0 aliphatic heterocycles. The highest BCUT2D eigenvalue weighted by Gasteiger charge is 1.85. The van der Waals surface area contributed by atoms with E-state index in [1.165, 1.54) is 0 Å². The number of hydrogen-bond acceptors (Lipinski definition) is 2. The second-order valence-electron chi connectivity index (χ2n) is 0.283. The summed E-state index contributed by atoms with van der Waals surface area (Å²) >= 11 is 0. The molecule has 0 radical (unpaired) electrons. The van der Waals surface area contributed by atoms with Crippen LogP contribution in [0.5, 0.6) is 0 Å². The Kier molecular flexibility index (Phi) is 6.31. The second kappa shape index (κ2) is 3.58. The van der Waals surface area contributed by atoms with Crippen LogP contribution in [0.25, 0.3) is 0 Å². The highest BCUT2D eigenvalue weighted by Crippen LogP contribution is 1.27. The van der Waals surface area contributed by atoms with Crippen molar-refractivity contribution in [3.8, 4) is 0 Å². The van der Waals surface area contributed by atoms with Gasteiger partial charge in [0, 0.05) is 0 Å². The molecule has 0 spiro atoms. The zero-order valence-electron chi connectivity index (χ0n) is 2.51. The average molecular weight is 95.1 g/mol. The molecule has 0 rings (SSSR count). The molecule has 0 aromatic heterocycles. The lowest BCUT2D eigenvalue weighted by molar-refractivity contribution is 0.330. The minimum absolute atomic E-state index is 0. The minimum Gasteiger partial charge on any atom is -0.511 e. The van der Waals surface area contributed by atoms with Crippen LogP contribution in [0.1, 0.15) is 0 Å². The predicted octanol–water partition coefficient (Wildman–Crippen LogP) is -1.45. The Bertz CT molecular complexity index is 29.9. The third kappa shape index (κ3) is 49.7. The van der Waals surface area contributed by atoms with Crippen LogP contribution in [0, 0.1) is 0 Å². The first-order valence-corrected chi connectivity index (χ1v) is 1.95. The summed E-state index contributed by atoms with van der Waals surface area (Å²) in [6.07, 6.45) is 0. The summed E-state index contributed by atoms with van der Waals surface area (Å²) in [5.74, 6) is 0. The van der Waals surface area contributed by atoms with E-state index in [0.717, 1.165) is 0 Å². The van der Waals surface area contributed by atoms with Crippen LogP contribution in [0.3, 0.4) is 0 Å². The van der Waals surface area contributed by atoms with Gasteiger partial charge in [-0.2, -0.15) is 0 Å². The van der Waals surface area contributed by atoms with Gasteiger partial charge in [-0.3, -0.25) is 4.46 Å². The van der Waals surface area contributed by atoms with E-state index in [1.54, 1.807) is 0 Å². The van der Waals surface area contributed by atoms with Crippen molar-refractivity contribution in [3.63, 3.8) is 0 Å². The number of rotatable bonds is 0. The lowest BCUT2D eigenvalue weighted by Gasteiger charge is -1.55. The third-order valence-corrected chi connectivity index (χ3v) is 0. The smallest absolute Gasteiger partial charge is 0.511 e. The van der Waals surface area contributed by atoms with Gasteiger partial charge in [-0.05, 0) is 0 Å². The van der Waals surface area contributed by atoms with E-state index in [0.29, 0.717) is 0 Å². The van der Waals surface area contributed by atoms with E-state index in [9.17, 15) is 0 Å². The van der Waals surface area contributed by atoms with E-state index in [4.69, 9.17) is 14.1 Å². The molecule has 0 aliphatic carbocycles. The first-order chi connectivity index (χ1) is 1.73. The van der Waals surface area contributed by atoms with Crippen molar-refractivity contribution >= 4 is 9.17 Å². The SMILES string of the molecule is N.O=[Si](O)O. The van der Waals surface area contributed by atoms with E-state index < -0.39 is 9.17 Å². The Morgan fingerprint density at radius 1 is 1.40 bits per heavy atom. The monoisotopic (exact) mass is 95.0 g/mol.